The first-order valence-corrected chi connectivity index (χ1v) is 9.86. The second-order valence-electron chi connectivity index (χ2n) is 7.12. The molecule has 0 bridgehead atoms. The Morgan fingerprint density at radius 3 is 2.39 bits per heavy atom. The van der Waals surface area contributed by atoms with Gasteiger partial charge in [-0.25, -0.2) is 5.01 Å². The zero-order valence-electron chi connectivity index (χ0n) is 17.3. The van der Waals surface area contributed by atoms with Crippen molar-refractivity contribution < 1.29 is 23.5 Å². The van der Waals surface area contributed by atoms with E-state index in [0.29, 0.717) is 23.5 Å². The summed E-state index contributed by atoms with van der Waals surface area (Å²) < 4.78 is 16.4. The summed E-state index contributed by atoms with van der Waals surface area (Å²) in [6.45, 7) is 1.32. The quantitative estimate of drug-likeness (QED) is 0.536. The number of ether oxygens (including phenoxy) is 2. The molecule has 1 atom stereocenters. The highest BCUT2D eigenvalue weighted by atomic mass is 16.5. The maximum atomic E-state index is 13.0. The van der Waals surface area contributed by atoms with Crippen LogP contribution in [0.3, 0.4) is 0 Å². The third kappa shape index (κ3) is 4.50. The molecule has 0 aliphatic carbocycles. The molecule has 0 spiro atoms. The highest BCUT2D eigenvalue weighted by Crippen LogP contribution is 2.33. The monoisotopic (exact) mass is 418 g/mol. The lowest BCUT2D eigenvalue weighted by Gasteiger charge is -2.20. The van der Waals surface area contributed by atoms with Gasteiger partial charge in [-0.15, -0.1) is 0 Å². The maximum absolute atomic E-state index is 13.0. The van der Waals surface area contributed by atoms with E-state index in [4.69, 9.17) is 13.9 Å². The van der Waals surface area contributed by atoms with Crippen LogP contribution in [0.2, 0.25) is 0 Å². The molecule has 1 aliphatic heterocycles. The standard InChI is InChI=1S/C24H22N2O5/c1-16(27)17-5-11-20(12-6-17)31-15-24(28)26-22(23-4-3-13-30-23)14-21(25-26)18-7-9-19(29-2)10-8-18/h3-13,22H,14-15H2,1-2H3/t22-/m0/s1. The van der Waals surface area contributed by atoms with Gasteiger partial charge in [0.15, 0.2) is 12.4 Å². The van der Waals surface area contributed by atoms with Gasteiger partial charge in [0.1, 0.15) is 23.3 Å². The number of hydrogen-bond donors (Lipinski definition) is 0. The van der Waals surface area contributed by atoms with Crippen molar-refractivity contribution in [3.05, 3.63) is 83.8 Å². The van der Waals surface area contributed by atoms with Crippen molar-refractivity contribution in [1.29, 1.82) is 0 Å². The van der Waals surface area contributed by atoms with Gasteiger partial charge in [-0.2, -0.15) is 5.10 Å². The van der Waals surface area contributed by atoms with Crippen molar-refractivity contribution in [2.24, 2.45) is 5.10 Å². The van der Waals surface area contributed by atoms with E-state index < -0.39 is 0 Å². The number of nitrogens with zero attached hydrogens (tertiary/aromatic N) is 2. The molecule has 0 radical (unpaired) electrons. The molecule has 0 saturated carbocycles. The number of methoxy groups -OCH3 is 1. The summed E-state index contributed by atoms with van der Waals surface area (Å²) in [7, 11) is 1.61. The van der Waals surface area contributed by atoms with Crippen molar-refractivity contribution in [2.75, 3.05) is 13.7 Å². The van der Waals surface area contributed by atoms with Crippen LogP contribution in [-0.4, -0.2) is 36.1 Å². The summed E-state index contributed by atoms with van der Waals surface area (Å²) in [6.07, 6.45) is 2.11. The average Bonchev–Trinajstić information content (AvgIpc) is 3.48. The van der Waals surface area contributed by atoms with Gasteiger partial charge in [0.2, 0.25) is 0 Å². The first-order valence-electron chi connectivity index (χ1n) is 9.86. The van der Waals surface area contributed by atoms with E-state index in [1.54, 1.807) is 43.7 Å². The van der Waals surface area contributed by atoms with Crippen molar-refractivity contribution in [3.63, 3.8) is 0 Å². The molecule has 1 aliphatic rings. The Hall–Kier alpha value is -3.87. The Morgan fingerprint density at radius 2 is 1.77 bits per heavy atom. The highest BCUT2D eigenvalue weighted by Gasteiger charge is 2.35. The summed E-state index contributed by atoms with van der Waals surface area (Å²) in [5, 5.41) is 5.99. The summed E-state index contributed by atoms with van der Waals surface area (Å²) in [5.41, 5.74) is 2.28. The SMILES string of the molecule is COc1ccc(C2=NN(C(=O)COc3ccc(C(C)=O)cc3)[C@H](c3ccco3)C2)cc1. The molecule has 3 aromatic rings. The van der Waals surface area contributed by atoms with Crippen LogP contribution < -0.4 is 9.47 Å². The van der Waals surface area contributed by atoms with Gasteiger partial charge < -0.3 is 13.9 Å². The van der Waals surface area contributed by atoms with Gasteiger partial charge in [0.05, 0.1) is 19.1 Å². The highest BCUT2D eigenvalue weighted by molar-refractivity contribution is 6.03. The predicted molar refractivity (Wildman–Crippen MR) is 114 cm³/mol. The zero-order valence-corrected chi connectivity index (χ0v) is 17.3. The van der Waals surface area contributed by atoms with E-state index in [1.807, 2.05) is 30.3 Å². The first-order chi connectivity index (χ1) is 15.0. The Bertz CT molecular complexity index is 1090. The topological polar surface area (TPSA) is 81.3 Å². The summed E-state index contributed by atoms with van der Waals surface area (Å²) in [6, 6.07) is 17.5. The molecule has 0 N–H and O–H groups in total. The number of hydrogen-bond acceptors (Lipinski definition) is 6. The van der Waals surface area contributed by atoms with Crippen LogP contribution in [0.5, 0.6) is 11.5 Å². The Kier molecular flexibility index (Phi) is 5.84. The van der Waals surface area contributed by atoms with Crippen LogP contribution in [0.4, 0.5) is 0 Å². The fourth-order valence-electron chi connectivity index (χ4n) is 3.40. The molecule has 4 rings (SSSR count). The van der Waals surface area contributed by atoms with Gasteiger partial charge in [-0.1, -0.05) is 0 Å². The van der Waals surface area contributed by atoms with E-state index >= 15 is 0 Å². The summed E-state index contributed by atoms with van der Waals surface area (Å²) in [5.74, 6) is 1.60. The molecule has 31 heavy (non-hydrogen) atoms. The Labute approximate surface area is 179 Å². The second kappa shape index (κ2) is 8.87. The Balaban J connectivity index is 1.51. The predicted octanol–water partition coefficient (Wildman–Crippen LogP) is 4.25. The molecule has 7 heteroatoms. The number of carbonyl (C=O) groups excluding carboxylic acids is 2. The molecule has 2 heterocycles. The lowest BCUT2D eigenvalue weighted by atomic mass is 10.0. The summed E-state index contributed by atoms with van der Waals surface area (Å²) in [4.78, 5) is 24.4. The van der Waals surface area contributed by atoms with Crippen LogP contribution in [0, 0.1) is 0 Å². The smallest absolute Gasteiger partial charge is 0.281 e. The minimum absolute atomic E-state index is 0.0265. The van der Waals surface area contributed by atoms with Crippen molar-refractivity contribution in [1.82, 2.24) is 5.01 Å². The molecule has 7 nitrogen and oxygen atoms in total. The molecular weight excluding hydrogens is 396 g/mol. The van der Waals surface area contributed by atoms with Gasteiger partial charge >= 0.3 is 0 Å². The molecule has 0 saturated heterocycles. The number of rotatable bonds is 7. The van der Waals surface area contributed by atoms with Crippen LogP contribution in [-0.2, 0) is 4.79 Å². The number of amides is 1. The van der Waals surface area contributed by atoms with Crippen LogP contribution in [0.1, 0.15) is 41.1 Å². The number of carbonyl (C=O) groups is 2. The van der Waals surface area contributed by atoms with Crippen LogP contribution in [0.25, 0.3) is 0 Å². The fourth-order valence-corrected chi connectivity index (χ4v) is 3.40. The average molecular weight is 418 g/mol. The van der Waals surface area contributed by atoms with Crippen LogP contribution in [0.15, 0.2) is 76.4 Å². The van der Waals surface area contributed by atoms with Gasteiger partial charge in [-0.3, -0.25) is 9.59 Å². The Morgan fingerprint density at radius 1 is 1.06 bits per heavy atom. The minimum Gasteiger partial charge on any atom is -0.497 e. The molecule has 1 aromatic heterocycles. The normalized spacial score (nSPS) is 15.5. The number of hydrazone groups is 1. The lowest BCUT2D eigenvalue weighted by molar-refractivity contribution is -0.135. The van der Waals surface area contributed by atoms with E-state index in [0.717, 1.165) is 17.0 Å². The molecular formula is C24H22N2O5. The number of ketones is 1. The molecule has 158 valence electrons. The number of benzene rings is 2. The third-order valence-corrected chi connectivity index (χ3v) is 5.08. The number of Topliss-reactive ketones (excluding diaryl/α,β-unsaturated/α-hetero) is 1. The second-order valence-corrected chi connectivity index (χ2v) is 7.12. The molecule has 1 amide bonds. The van der Waals surface area contributed by atoms with Gasteiger partial charge in [-0.05, 0) is 73.2 Å². The van der Waals surface area contributed by atoms with Crippen molar-refractivity contribution >= 4 is 17.4 Å². The van der Waals surface area contributed by atoms with E-state index in [2.05, 4.69) is 5.10 Å². The maximum Gasteiger partial charge on any atom is 0.281 e. The largest absolute Gasteiger partial charge is 0.497 e. The van der Waals surface area contributed by atoms with E-state index in [-0.39, 0.29) is 24.3 Å². The van der Waals surface area contributed by atoms with E-state index in [9.17, 15) is 9.59 Å². The molecule has 2 aromatic carbocycles. The zero-order chi connectivity index (χ0) is 21.8. The van der Waals surface area contributed by atoms with Crippen molar-refractivity contribution in [3.8, 4) is 11.5 Å². The summed E-state index contributed by atoms with van der Waals surface area (Å²) >= 11 is 0. The van der Waals surface area contributed by atoms with Gasteiger partial charge in [0.25, 0.3) is 5.91 Å². The number of furan rings is 1. The van der Waals surface area contributed by atoms with Crippen molar-refractivity contribution in [2.45, 2.75) is 19.4 Å². The molecule has 0 fully saturated rings. The van der Waals surface area contributed by atoms with Crippen LogP contribution >= 0.6 is 0 Å². The van der Waals surface area contributed by atoms with Gasteiger partial charge in [0, 0.05) is 12.0 Å². The first kappa shape index (κ1) is 20.4. The molecule has 0 unspecified atom stereocenters. The minimum atomic E-state index is -0.344. The fraction of sp³-hybridized carbons (Fsp3) is 0.208. The third-order valence-electron chi connectivity index (χ3n) is 5.08. The lowest BCUT2D eigenvalue weighted by Crippen LogP contribution is -2.31. The van der Waals surface area contributed by atoms with E-state index in [1.165, 1.54) is 11.9 Å².